The molecule has 2 aromatic carbocycles. The van der Waals surface area contributed by atoms with Crippen molar-refractivity contribution >= 4 is 34.2 Å². The number of hydrogen-bond donors (Lipinski definition) is 2. The molecule has 2 aliphatic rings. The summed E-state index contributed by atoms with van der Waals surface area (Å²) in [5.41, 5.74) is 9.37. The fourth-order valence-electron chi connectivity index (χ4n) is 4.83. The second-order valence-electron chi connectivity index (χ2n) is 9.33. The first-order valence-electron chi connectivity index (χ1n) is 12.6. The highest BCUT2D eigenvalue weighted by Crippen LogP contribution is 2.38. The number of aryl methyl sites for hydroxylation is 2. The van der Waals surface area contributed by atoms with Gasteiger partial charge in [-0.05, 0) is 78.4 Å². The summed E-state index contributed by atoms with van der Waals surface area (Å²) in [4.78, 5) is 17.4. The van der Waals surface area contributed by atoms with Gasteiger partial charge in [0, 0.05) is 35.6 Å². The Morgan fingerprint density at radius 1 is 1.03 bits per heavy atom. The van der Waals surface area contributed by atoms with Crippen LogP contribution in [0.25, 0.3) is 5.57 Å². The molecule has 1 aliphatic carbocycles. The molecule has 3 heterocycles. The van der Waals surface area contributed by atoms with Crippen LogP contribution in [-0.4, -0.2) is 22.6 Å². The number of thiazole rings is 1. The number of amides is 1. The minimum atomic E-state index is -0.0486. The van der Waals surface area contributed by atoms with E-state index < -0.39 is 0 Å². The maximum absolute atomic E-state index is 13.1. The van der Waals surface area contributed by atoms with Crippen LogP contribution < -0.4 is 20.1 Å². The average Bonchev–Trinajstić information content (AvgIpc) is 3.64. The summed E-state index contributed by atoms with van der Waals surface area (Å²) < 4.78 is 13.7. The second-order valence-corrected chi connectivity index (χ2v) is 10.0. The average molecular weight is 525 g/mol. The minimum Gasteiger partial charge on any atom is -0.493 e. The molecule has 2 aromatic heterocycles. The van der Waals surface area contributed by atoms with Crippen LogP contribution in [0.5, 0.6) is 11.5 Å². The topological polar surface area (TPSA) is 77.4 Å². The highest BCUT2D eigenvalue weighted by atomic mass is 32.1. The van der Waals surface area contributed by atoms with Crippen LogP contribution in [0.3, 0.4) is 0 Å². The molecule has 38 heavy (non-hydrogen) atoms. The van der Waals surface area contributed by atoms with E-state index in [1.165, 1.54) is 5.56 Å². The highest BCUT2D eigenvalue weighted by Gasteiger charge is 2.25. The zero-order chi connectivity index (χ0) is 25.9. The van der Waals surface area contributed by atoms with Gasteiger partial charge in [-0.15, -0.1) is 11.3 Å². The number of allylic oxidation sites excluding steroid dienone is 2. The molecule has 4 aromatic rings. The molecular formula is C30H28N4O3S. The summed E-state index contributed by atoms with van der Waals surface area (Å²) in [7, 11) is 1.64. The third-order valence-corrected chi connectivity index (χ3v) is 7.52. The third-order valence-electron chi connectivity index (χ3n) is 6.88. The molecule has 0 saturated carbocycles. The number of hydrogen-bond acceptors (Lipinski definition) is 6. The number of anilines is 2. The van der Waals surface area contributed by atoms with Gasteiger partial charge in [-0.3, -0.25) is 4.79 Å². The number of nitrogens with zero attached hydrogens (tertiary/aromatic N) is 2. The van der Waals surface area contributed by atoms with Gasteiger partial charge in [-0.1, -0.05) is 12.1 Å². The predicted octanol–water partition coefficient (Wildman–Crippen LogP) is 6.27. The van der Waals surface area contributed by atoms with Crippen LogP contribution in [-0.2, 0) is 24.4 Å². The Hall–Kier alpha value is -4.30. The highest BCUT2D eigenvalue weighted by molar-refractivity contribution is 7.07. The maximum Gasteiger partial charge on any atom is 0.253 e. The lowest BCUT2D eigenvalue weighted by Crippen LogP contribution is -2.16. The predicted molar refractivity (Wildman–Crippen MR) is 151 cm³/mol. The Kier molecular flexibility index (Phi) is 6.71. The van der Waals surface area contributed by atoms with E-state index in [2.05, 4.69) is 56.9 Å². The quantitative estimate of drug-likeness (QED) is 0.284. The molecule has 0 radical (unpaired) electrons. The van der Waals surface area contributed by atoms with E-state index in [-0.39, 0.29) is 5.91 Å². The minimum absolute atomic E-state index is 0.0486. The van der Waals surface area contributed by atoms with Crippen LogP contribution in [0.15, 0.2) is 89.2 Å². The van der Waals surface area contributed by atoms with E-state index in [4.69, 9.17) is 9.47 Å². The van der Waals surface area contributed by atoms with Gasteiger partial charge in [0.25, 0.3) is 5.91 Å². The molecule has 0 atom stereocenters. The first kappa shape index (κ1) is 24.1. The lowest BCUT2D eigenvalue weighted by Gasteiger charge is -2.20. The van der Waals surface area contributed by atoms with E-state index in [9.17, 15) is 4.79 Å². The monoisotopic (exact) mass is 524 g/mol. The van der Waals surface area contributed by atoms with Gasteiger partial charge in [0.15, 0.2) is 11.5 Å². The molecule has 1 amide bonds. The van der Waals surface area contributed by atoms with Gasteiger partial charge in [0.05, 0.1) is 29.7 Å². The molecule has 0 saturated heterocycles. The zero-order valence-electron chi connectivity index (χ0n) is 21.1. The van der Waals surface area contributed by atoms with E-state index in [1.54, 1.807) is 24.0 Å². The van der Waals surface area contributed by atoms with Crippen molar-refractivity contribution in [2.75, 3.05) is 17.7 Å². The van der Waals surface area contributed by atoms with Gasteiger partial charge >= 0.3 is 0 Å². The normalized spacial score (nSPS) is 14.6. The first-order valence-corrected chi connectivity index (χ1v) is 13.5. The van der Waals surface area contributed by atoms with Crippen LogP contribution in [0.4, 0.5) is 11.4 Å². The van der Waals surface area contributed by atoms with Crippen molar-refractivity contribution in [2.24, 2.45) is 0 Å². The van der Waals surface area contributed by atoms with Crippen molar-refractivity contribution in [1.29, 1.82) is 0 Å². The Morgan fingerprint density at radius 2 is 1.92 bits per heavy atom. The van der Waals surface area contributed by atoms with Crippen molar-refractivity contribution in [3.8, 4) is 11.5 Å². The Balaban J connectivity index is 1.21. The van der Waals surface area contributed by atoms with Crippen molar-refractivity contribution in [3.05, 3.63) is 106 Å². The van der Waals surface area contributed by atoms with Crippen LogP contribution in [0.1, 0.15) is 29.7 Å². The summed E-state index contributed by atoms with van der Waals surface area (Å²) >= 11 is 1.55. The number of carbonyl (C=O) groups is 1. The number of methoxy groups -OCH3 is 1. The summed E-state index contributed by atoms with van der Waals surface area (Å²) in [6.45, 7) is 1.29. The Bertz CT molecular complexity index is 1520. The summed E-state index contributed by atoms with van der Waals surface area (Å²) in [6.07, 6.45) is 8.51. The largest absolute Gasteiger partial charge is 0.493 e. The van der Waals surface area contributed by atoms with Gasteiger partial charge in [0.2, 0.25) is 0 Å². The molecule has 6 rings (SSSR count). The van der Waals surface area contributed by atoms with Crippen LogP contribution in [0, 0.1) is 0 Å². The SMILES string of the molecule is COc1cc(C2=CC3=C(CC2)C(=O)Nc2cc(CCn4cccc4)ccc2N3)ccc1OCc1cscn1. The lowest BCUT2D eigenvalue weighted by molar-refractivity contribution is -0.113. The molecule has 7 nitrogen and oxygen atoms in total. The standard InChI is InChI=1S/C30H28N4O3S/c1-36-29-16-22(6-9-28(29)37-17-23-18-38-19-31-23)21-5-7-24-26(15-21)32-25-8-4-20(14-27(25)33-30(24)35)10-13-34-11-2-3-12-34/h2-4,6,8-9,11-12,14-16,18-19,32H,5,7,10,13,17H2,1H3,(H,33,35). The number of benzene rings is 2. The first-order chi connectivity index (χ1) is 18.7. The van der Waals surface area contributed by atoms with E-state index >= 15 is 0 Å². The molecule has 192 valence electrons. The Labute approximate surface area is 225 Å². The second kappa shape index (κ2) is 10.6. The van der Waals surface area contributed by atoms with E-state index in [0.717, 1.165) is 58.9 Å². The van der Waals surface area contributed by atoms with Gasteiger partial charge < -0.3 is 24.7 Å². The van der Waals surface area contributed by atoms with Gasteiger partial charge in [0.1, 0.15) is 6.61 Å². The number of rotatable bonds is 8. The van der Waals surface area contributed by atoms with Crippen molar-refractivity contribution < 1.29 is 14.3 Å². The summed E-state index contributed by atoms with van der Waals surface area (Å²) in [6, 6.07) is 16.3. The van der Waals surface area contributed by atoms with Crippen LogP contribution in [0.2, 0.25) is 0 Å². The molecule has 1 aliphatic heterocycles. The number of ether oxygens (including phenoxy) is 2. The fraction of sp³-hybridized carbons (Fsp3) is 0.200. The Morgan fingerprint density at radius 3 is 2.74 bits per heavy atom. The molecule has 0 spiro atoms. The molecule has 8 heteroatoms. The maximum atomic E-state index is 13.1. The zero-order valence-corrected chi connectivity index (χ0v) is 21.9. The molecule has 0 fully saturated rings. The molecule has 0 bridgehead atoms. The number of carbonyl (C=O) groups excluding carboxylic acids is 1. The molecule has 2 N–H and O–H groups in total. The fourth-order valence-corrected chi connectivity index (χ4v) is 5.37. The molecular weight excluding hydrogens is 496 g/mol. The van der Waals surface area contributed by atoms with E-state index in [0.29, 0.717) is 24.5 Å². The summed E-state index contributed by atoms with van der Waals surface area (Å²) in [5.74, 6) is 1.30. The van der Waals surface area contributed by atoms with Crippen molar-refractivity contribution in [1.82, 2.24) is 9.55 Å². The third kappa shape index (κ3) is 5.08. The van der Waals surface area contributed by atoms with Crippen molar-refractivity contribution in [2.45, 2.75) is 32.4 Å². The number of nitrogens with one attached hydrogen (secondary N) is 2. The van der Waals surface area contributed by atoms with Crippen LogP contribution >= 0.6 is 11.3 Å². The number of aromatic nitrogens is 2. The molecule has 0 unspecified atom stereocenters. The number of fused-ring (bicyclic) bond motifs is 1. The summed E-state index contributed by atoms with van der Waals surface area (Å²) in [5, 5.41) is 8.61. The lowest BCUT2D eigenvalue weighted by atomic mass is 9.91. The van der Waals surface area contributed by atoms with Crippen molar-refractivity contribution in [3.63, 3.8) is 0 Å². The van der Waals surface area contributed by atoms with Gasteiger partial charge in [-0.25, -0.2) is 4.98 Å². The van der Waals surface area contributed by atoms with Gasteiger partial charge in [-0.2, -0.15) is 0 Å². The smallest absolute Gasteiger partial charge is 0.253 e. The van der Waals surface area contributed by atoms with E-state index in [1.807, 2.05) is 35.7 Å².